The first kappa shape index (κ1) is 12.6. The van der Waals surface area contributed by atoms with Gasteiger partial charge in [0.1, 0.15) is 5.60 Å². The monoisotopic (exact) mass is 226 g/mol. The average Bonchev–Trinajstić information content (AvgIpc) is 2.48. The second-order valence-corrected chi connectivity index (χ2v) is 4.54. The lowest BCUT2D eigenvalue weighted by molar-refractivity contribution is -0.153. The number of carbonyl (C=O) groups is 1. The number of ether oxygens (including phenoxy) is 1. The summed E-state index contributed by atoms with van der Waals surface area (Å²) < 4.78 is 6.80. The lowest BCUT2D eigenvalue weighted by atomic mass is 10.2. The minimum atomic E-state index is -0.438. The van der Waals surface area contributed by atoms with Gasteiger partial charge in [-0.2, -0.15) is 0 Å². The third-order valence-corrected chi connectivity index (χ3v) is 1.80. The summed E-state index contributed by atoms with van der Waals surface area (Å²) in [6.45, 7) is 6.26. The summed E-state index contributed by atoms with van der Waals surface area (Å²) in [5, 5.41) is 10.5. The molecular weight excluding hydrogens is 208 g/mol. The average molecular weight is 226 g/mol. The summed E-state index contributed by atoms with van der Waals surface area (Å²) in [4.78, 5) is 11.3. The molecule has 0 fully saturated rings. The molecule has 0 atom stereocenters. The predicted octanol–water partition coefficient (Wildman–Crippen LogP) is 0.246. The van der Waals surface area contributed by atoms with Gasteiger partial charge in [0.15, 0.2) is 0 Å². The molecule has 90 valence electrons. The molecule has 1 heterocycles. The van der Waals surface area contributed by atoms with E-state index >= 15 is 0 Å². The van der Waals surface area contributed by atoms with Crippen LogP contribution in [0.15, 0.2) is 6.20 Å². The molecule has 0 aliphatic heterocycles. The molecule has 0 aliphatic carbocycles. The molecule has 1 aromatic heterocycles. The van der Waals surface area contributed by atoms with Gasteiger partial charge in [0.05, 0.1) is 18.4 Å². The maximum absolute atomic E-state index is 11.3. The Kier molecular flexibility index (Phi) is 4.00. The molecule has 1 N–H and O–H groups in total. The van der Waals surface area contributed by atoms with E-state index in [1.54, 1.807) is 17.9 Å². The Balaban J connectivity index is 2.26. The van der Waals surface area contributed by atoms with Crippen LogP contribution in [0.1, 0.15) is 26.5 Å². The highest BCUT2D eigenvalue weighted by Crippen LogP contribution is 2.06. The van der Waals surface area contributed by atoms with Gasteiger partial charge >= 0.3 is 5.97 Å². The van der Waals surface area contributed by atoms with Crippen molar-refractivity contribution in [3.63, 3.8) is 0 Å². The SMILES string of the molecule is Cn1nncc1CNCC(=O)OC(C)(C)C. The molecular formula is C10H18N4O2. The highest BCUT2D eigenvalue weighted by molar-refractivity contribution is 5.72. The maximum Gasteiger partial charge on any atom is 0.320 e. The zero-order valence-corrected chi connectivity index (χ0v) is 10.1. The van der Waals surface area contributed by atoms with Gasteiger partial charge in [-0.3, -0.25) is 9.48 Å². The molecule has 16 heavy (non-hydrogen) atoms. The van der Waals surface area contributed by atoms with Crippen LogP contribution in [0.4, 0.5) is 0 Å². The van der Waals surface area contributed by atoms with Gasteiger partial charge in [-0.25, -0.2) is 0 Å². The summed E-state index contributed by atoms with van der Waals surface area (Å²) in [7, 11) is 1.80. The van der Waals surface area contributed by atoms with E-state index < -0.39 is 5.60 Å². The van der Waals surface area contributed by atoms with E-state index in [0.717, 1.165) is 5.69 Å². The highest BCUT2D eigenvalue weighted by atomic mass is 16.6. The van der Waals surface area contributed by atoms with Crippen molar-refractivity contribution in [2.24, 2.45) is 7.05 Å². The molecule has 1 rings (SSSR count). The van der Waals surface area contributed by atoms with Gasteiger partial charge in [0.2, 0.25) is 0 Å². The molecule has 6 nitrogen and oxygen atoms in total. The summed E-state index contributed by atoms with van der Waals surface area (Å²) in [6.07, 6.45) is 1.65. The van der Waals surface area contributed by atoms with Crippen LogP contribution >= 0.6 is 0 Å². The van der Waals surface area contributed by atoms with Crippen molar-refractivity contribution in [1.82, 2.24) is 20.3 Å². The molecule has 0 amide bonds. The molecule has 0 spiro atoms. The number of esters is 1. The Bertz CT molecular complexity index is 354. The number of hydrogen-bond donors (Lipinski definition) is 1. The third-order valence-electron chi connectivity index (χ3n) is 1.80. The quantitative estimate of drug-likeness (QED) is 0.745. The van der Waals surface area contributed by atoms with Crippen LogP contribution in [-0.2, 0) is 23.1 Å². The minimum absolute atomic E-state index is 0.183. The Morgan fingerprint density at radius 3 is 2.75 bits per heavy atom. The van der Waals surface area contributed by atoms with Crippen LogP contribution in [0.3, 0.4) is 0 Å². The zero-order chi connectivity index (χ0) is 12.2. The number of aromatic nitrogens is 3. The van der Waals surface area contributed by atoms with Gasteiger partial charge in [-0.15, -0.1) is 5.10 Å². The third kappa shape index (κ3) is 4.39. The van der Waals surface area contributed by atoms with Gasteiger partial charge in [-0.05, 0) is 20.8 Å². The largest absolute Gasteiger partial charge is 0.459 e. The smallest absolute Gasteiger partial charge is 0.320 e. The predicted molar refractivity (Wildman–Crippen MR) is 58.6 cm³/mol. The van der Waals surface area contributed by atoms with Crippen molar-refractivity contribution in [3.8, 4) is 0 Å². The Hall–Kier alpha value is -1.43. The fourth-order valence-corrected chi connectivity index (χ4v) is 1.14. The Morgan fingerprint density at radius 2 is 2.25 bits per heavy atom. The van der Waals surface area contributed by atoms with Crippen molar-refractivity contribution >= 4 is 5.97 Å². The number of nitrogens with one attached hydrogen (secondary N) is 1. The van der Waals surface area contributed by atoms with E-state index in [1.165, 1.54) is 0 Å². The number of nitrogens with zero attached hydrogens (tertiary/aromatic N) is 3. The fraction of sp³-hybridized carbons (Fsp3) is 0.700. The second kappa shape index (κ2) is 5.07. The van der Waals surface area contributed by atoms with Crippen LogP contribution in [0.25, 0.3) is 0 Å². The Labute approximate surface area is 95.0 Å². The lowest BCUT2D eigenvalue weighted by Crippen LogP contribution is -2.31. The summed E-state index contributed by atoms with van der Waals surface area (Å²) in [5.74, 6) is -0.261. The molecule has 0 unspecified atom stereocenters. The van der Waals surface area contributed by atoms with Crippen LogP contribution in [0, 0.1) is 0 Å². The maximum atomic E-state index is 11.3. The number of carbonyl (C=O) groups excluding carboxylic acids is 1. The first-order valence-electron chi connectivity index (χ1n) is 5.14. The van der Waals surface area contributed by atoms with Gasteiger partial charge in [0.25, 0.3) is 0 Å². The number of hydrogen-bond acceptors (Lipinski definition) is 5. The first-order chi connectivity index (χ1) is 7.38. The normalized spacial score (nSPS) is 11.5. The molecule has 0 aliphatic rings. The molecule has 0 bridgehead atoms. The van der Waals surface area contributed by atoms with E-state index in [4.69, 9.17) is 4.74 Å². The van der Waals surface area contributed by atoms with Gasteiger partial charge in [0, 0.05) is 13.6 Å². The molecule has 6 heteroatoms. The topological polar surface area (TPSA) is 69.0 Å². The number of rotatable bonds is 4. The van der Waals surface area contributed by atoms with Crippen molar-refractivity contribution in [1.29, 1.82) is 0 Å². The van der Waals surface area contributed by atoms with Crippen LogP contribution < -0.4 is 5.32 Å². The van der Waals surface area contributed by atoms with E-state index in [0.29, 0.717) is 6.54 Å². The number of aryl methyl sites for hydroxylation is 1. The summed E-state index contributed by atoms with van der Waals surface area (Å²) in [5.41, 5.74) is 0.482. The molecule has 0 saturated carbocycles. The van der Waals surface area contributed by atoms with Crippen molar-refractivity contribution in [3.05, 3.63) is 11.9 Å². The lowest BCUT2D eigenvalue weighted by Gasteiger charge is -2.19. The Morgan fingerprint density at radius 1 is 1.56 bits per heavy atom. The summed E-state index contributed by atoms with van der Waals surface area (Å²) in [6, 6.07) is 0. The molecule has 0 radical (unpaired) electrons. The van der Waals surface area contributed by atoms with Crippen molar-refractivity contribution in [2.45, 2.75) is 32.9 Å². The zero-order valence-electron chi connectivity index (χ0n) is 10.1. The van der Waals surface area contributed by atoms with Gasteiger partial charge in [-0.1, -0.05) is 5.21 Å². The van der Waals surface area contributed by atoms with E-state index in [1.807, 2.05) is 20.8 Å². The highest BCUT2D eigenvalue weighted by Gasteiger charge is 2.15. The molecule has 0 saturated heterocycles. The van der Waals surface area contributed by atoms with E-state index in [-0.39, 0.29) is 12.5 Å². The fourth-order valence-electron chi connectivity index (χ4n) is 1.14. The minimum Gasteiger partial charge on any atom is -0.459 e. The summed E-state index contributed by atoms with van der Waals surface area (Å²) >= 11 is 0. The second-order valence-electron chi connectivity index (χ2n) is 4.54. The molecule has 0 aromatic carbocycles. The van der Waals surface area contributed by atoms with Crippen LogP contribution in [0.5, 0.6) is 0 Å². The van der Waals surface area contributed by atoms with Gasteiger partial charge < -0.3 is 10.1 Å². The standard InChI is InChI=1S/C10H18N4O2/c1-10(2,3)16-9(15)7-11-5-8-6-12-13-14(8)4/h6,11H,5,7H2,1-4H3. The van der Waals surface area contributed by atoms with E-state index in [9.17, 15) is 4.79 Å². The van der Waals surface area contributed by atoms with Crippen LogP contribution in [0.2, 0.25) is 0 Å². The van der Waals surface area contributed by atoms with Crippen molar-refractivity contribution < 1.29 is 9.53 Å². The molecule has 1 aromatic rings. The van der Waals surface area contributed by atoms with Crippen LogP contribution in [-0.4, -0.2) is 33.1 Å². The first-order valence-corrected chi connectivity index (χ1v) is 5.14. The van der Waals surface area contributed by atoms with E-state index in [2.05, 4.69) is 15.6 Å². The van der Waals surface area contributed by atoms with Crippen molar-refractivity contribution in [2.75, 3.05) is 6.54 Å².